The lowest BCUT2D eigenvalue weighted by molar-refractivity contribution is -0.117. The number of ether oxygens (including phenoxy) is 3. The molecule has 2 rings (SSSR count). The zero-order valence-corrected chi connectivity index (χ0v) is 15.0. The number of rotatable bonds is 6. The molecule has 0 aliphatic rings. The Morgan fingerprint density at radius 3 is 2.07 bits per heavy atom. The van der Waals surface area contributed by atoms with Gasteiger partial charge in [0.25, 0.3) is 11.8 Å². The third-order valence-electron chi connectivity index (χ3n) is 3.56. The SMILES string of the molecule is COc1cc(OC)c(OC)cc1/C=C/C(=O)NNC(=O)c1ccc(F)cc1. The molecule has 0 atom stereocenters. The summed E-state index contributed by atoms with van der Waals surface area (Å²) < 4.78 is 28.5. The van der Waals surface area contributed by atoms with Crippen molar-refractivity contribution in [2.45, 2.75) is 0 Å². The highest BCUT2D eigenvalue weighted by molar-refractivity contribution is 5.98. The van der Waals surface area contributed by atoms with Gasteiger partial charge in [0.05, 0.1) is 21.3 Å². The Morgan fingerprint density at radius 2 is 1.48 bits per heavy atom. The van der Waals surface area contributed by atoms with Crippen LogP contribution in [0.1, 0.15) is 15.9 Å². The molecule has 0 saturated carbocycles. The van der Waals surface area contributed by atoms with E-state index in [0.29, 0.717) is 22.8 Å². The van der Waals surface area contributed by atoms with Crippen molar-refractivity contribution in [1.82, 2.24) is 10.9 Å². The summed E-state index contributed by atoms with van der Waals surface area (Å²) in [5.74, 6) is -0.150. The number of carbonyl (C=O) groups is 2. The van der Waals surface area contributed by atoms with E-state index in [4.69, 9.17) is 14.2 Å². The molecule has 0 aliphatic heterocycles. The lowest BCUT2D eigenvalue weighted by Gasteiger charge is -2.12. The highest BCUT2D eigenvalue weighted by atomic mass is 19.1. The van der Waals surface area contributed by atoms with Gasteiger partial charge in [0, 0.05) is 23.3 Å². The molecule has 0 heterocycles. The van der Waals surface area contributed by atoms with Crippen LogP contribution in [0.3, 0.4) is 0 Å². The van der Waals surface area contributed by atoms with Crippen LogP contribution >= 0.6 is 0 Å². The second kappa shape index (κ2) is 9.23. The number of halogens is 1. The Kier molecular flexibility index (Phi) is 6.76. The normalized spacial score (nSPS) is 10.4. The number of nitrogens with one attached hydrogen (secondary N) is 2. The van der Waals surface area contributed by atoms with Gasteiger partial charge >= 0.3 is 0 Å². The van der Waals surface area contributed by atoms with E-state index in [-0.39, 0.29) is 5.56 Å². The highest BCUT2D eigenvalue weighted by Crippen LogP contribution is 2.35. The fourth-order valence-electron chi connectivity index (χ4n) is 2.18. The molecule has 2 aromatic carbocycles. The van der Waals surface area contributed by atoms with E-state index in [1.165, 1.54) is 45.6 Å². The van der Waals surface area contributed by atoms with E-state index >= 15 is 0 Å². The predicted molar refractivity (Wildman–Crippen MR) is 97.1 cm³/mol. The topological polar surface area (TPSA) is 85.9 Å². The average Bonchev–Trinajstić information content (AvgIpc) is 2.70. The van der Waals surface area contributed by atoms with Crippen molar-refractivity contribution < 1.29 is 28.2 Å². The first-order valence-electron chi connectivity index (χ1n) is 7.82. The standard InChI is InChI=1S/C19H19FN2O5/c1-25-15-11-17(27-3)16(26-2)10-13(15)6-9-18(23)21-22-19(24)12-4-7-14(20)8-5-12/h4-11H,1-3H3,(H,21,23)(H,22,24)/b9-6+. The van der Waals surface area contributed by atoms with Gasteiger partial charge in [0.2, 0.25) is 0 Å². The monoisotopic (exact) mass is 374 g/mol. The van der Waals surface area contributed by atoms with Crippen LogP contribution in [0.25, 0.3) is 6.08 Å². The van der Waals surface area contributed by atoms with Crippen molar-refractivity contribution in [3.63, 3.8) is 0 Å². The molecule has 27 heavy (non-hydrogen) atoms. The molecule has 8 heteroatoms. The lowest BCUT2D eigenvalue weighted by atomic mass is 10.1. The Morgan fingerprint density at radius 1 is 0.889 bits per heavy atom. The van der Waals surface area contributed by atoms with Crippen LogP contribution in [-0.4, -0.2) is 33.1 Å². The number of methoxy groups -OCH3 is 3. The fourth-order valence-corrected chi connectivity index (χ4v) is 2.18. The van der Waals surface area contributed by atoms with Gasteiger partial charge in [-0.15, -0.1) is 0 Å². The summed E-state index contributed by atoms with van der Waals surface area (Å²) in [4.78, 5) is 23.8. The van der Waals surface area contributed by atoms with Gasteiger partial charge in [-0.1, -0.05) is 0 Å². The van der Waals surface area contributed by atoms with E-state index in [0.717, 1.165) is 12.1 Å². The number of hydrazine groups is 1. The molecule has 7 nitrogen and oxygen atoms in total. The summed E-state index contributed by atoms with van der Waals surface area (Å²) in [6.07, 6.45) is 2.72. The van der Waals surface area contributed by atoms with Gasteiger partial charge in [0.15, 0.2) is 11.5 Å². The van der Waals surface area contributed by atoms with Gasteiger partial charge < -0.3 is 14.2 Å². The van der Waals surface area contributed by atoms with Crippen LogP contribution in [0.15, 0.2) is 42.5 Å². The molecular weight excluding hydrogens is 355 g/mol. The molecule has 2 N–H and O–H groups in total. The minimum absolute atomic E-state index is 0.210. The number of carbonyl (C=O) groups excluding carboxylic acids is 2. The van der Waals surface area contributed by atoms with E-state index in [2.05, 4.69) is 10.9 Å². The molecule has 2 amide bonds. The maximum Gasteiger partial charge on any atom is 0.269 e. The maximum absolute atomic E-state index is 12.9. The summed E-state index contributed by atoms with van der Waals surface area (Å²) in [5.41, 5.74) is 5.26. The molecule has 2 aromatic rings. The second-order valence-corrected chi connectivity index (χ2v) is 5.23. The molecule has 0 aromatic heterocycles. The molecule has 0 saturated heterocycles. The third-order valence-corrected chi connectivity index (χ3v) is 3.56. The van der Waals surface area contributed by atoms with Crippen molar-refractivity contribution in [2.24, 2.45) is 0 Å². The van der Waals surface area contributed by atoms with Crippen LogP contribution in [0.5, 0.6) is 17.2 Å². The molecule has 0 spiro atoms. The van der Waals surface area contributed by atoms with Gasteiger partial charge in [-0.05, 0) is 36.4 Å². The molecule has 0 unspecified atom stereocenters. The van der Waals surface area contributed by atoms with Gasteiger partial charge in [0.1, 0.15) is 11.6 Å². The van der Waals surface area contributed by atoms with Crippen molar-refractivity contribution >= 4 is 17.9 Å². The second-order valence-electron chi connectivity index (χ2n) is 5.23. The van der Waals surface area contributed by atoms with Crippen LogP contribution < -0.4 is 25.1 Å². The smallest absolute Gasteiger partial charge is 0.269 e. The maximum atomic E-state index is 12.9. The van der Waals surface area contributed by atoms with Crippen molar-refractivity contribution in [2.75, 3.05) is 21.3 Å². The summed E-state index contributed by atoms with van der Waals surface area (Å²) in [6.45, 7) is 0. The molecule has 0 fully saturated rings. The average molecular weight is 374 g/mol. The van der Waals surface area contributed by atoms with Crippen molar-refractivity contribution in [3.05, 3.63) is 59.4 Å². The number of hydrogen-bond acceptors (Lipinski definition) is 5. The number of hydrogen-bond donors (Lipinski definition) is 2. The first-order valence-corrected chi connectivity index (χ1v) is 7.82. The summed E-state index contributed by atoms with van der Waals surface area (Å²) in [6, 6.07) is 8.20. The quantitative estimate of drug-likeness (QED) is 0.599. The van der Waals surface area contributed by atoms with Gasteiger partial charge in [-0.2, -0.15) is 0 Å². The molecule has 142 valence electrons. The summed E-state index contributed by atoms with van der Waals surface area (Å²) in [7, 11) is 4.49. The van der Waals surface area contributed by atoms with Crippen LogP contribution in [0, 0.1) is 5.82 Å². The molecule has 0 aliphatic carbocycles. The minimum atomic E-state index is -0.569. The number of amides is 2. The van der Waals surface area contributed by atoms with E-state index in [9.17, 15) is 14.0 Å². The van der Waals surface area contributed by atoms with Crippen molar-refractivity contribution in [1.29, 1.82) is 0 Å². The van der Waals surface area contributed by atoms with Gasteiger partial charge in [-0.25, -0.2) is 4.39 Å². The van der Waals surface area contributed by atoms with E-state index in [1.54, 1.807) is 12.1 Å². The molecular formula is C19H19FN2O5. The Bertz CT molecular complexity index is 850. The Balaban J connectivity index is 2.03. The molecule has 0 bridgehead atoms. The van der Waals surface area contributed by atoms with Crippen LogP contribution in [0.4, 0.5) is 4.39 Å². The van der Waals surface area contributed by atoms with E-state index < -0.39 is 17.6 Å². The highest BCUT2D eigenvalue weighted by Gasteiger charge is 2.11. The molecule has 0 radical (unpaired) electrons. The first kappa shape index (κ1) is 19.8. The number of benzene rings is 2. The van der Waals surface area contributed by atoms with Crippen LogP contribution in [-0.2, 0) is 4.79 Å². The van der Waals surface area contributed by atoms with Gasteiger partial charge in [-0.3, -0.25) is 20.4 Å². The van der Waals surface area contributed by atoms with Crippen molar-refractivity contribution in [3.8, 4) is 17.2 Å². The Labute approximate surface area is 155 Å². The zero-order chi connectivity index (χ0) is 19.8. The minimum Gasteiger partial charge on any atom is -0.496 e. The summed E-state index contributed by atoms with van der Waals surface area (Å²) >= 11 is 0. The van der Waals surface area contributed by atoms with Crippen LogP contribution in [0.2, 0.25) is 0 Å². The lowest BCUT2D eigenvalue weighted by Crippen LogP contribution is -2.40. The Hall–Kier alpha value is -3.55. The zero-order valence-electron chi connectivity index (χ0n) is 15.0. The largest absolute Gasteiger partial charge is 0.496 e. The van der Waals surface area contributed by atoms with E-state index in [1.807, 2.05) is 0 Å². The third kappa shape index (κ3) is 5.21. The fraction of sp³-hybridized carbons (Fsp3) is 0.158. The predicted octanol–water partition coefficient (Wildman–Crippen LogP) is 2.33. The first-order chi connectivity index (χ1) is 13.0. The summed E-state index contributed by atoms with van der Waals surface area (Å²) in [5, 5.41) is 0.